The van der Waals surface area contributed by atoms with Crippen LogP contribution in [0.3, 0.4) is 0 Å². The first kappa shape index (κ1) is 15.1. The third-order valence-electron chi connectivity index (χ3n) is 3.82. The Labute approximate surface area is 133 Å². The molecule has 8 nitrogen and oxygen atoms in total. The molecule has 0 bridgehead atoms. The summed E-state index contributed by atoms with van der Waals surface area (Å²) in [7, 11) is 0. The van der Waals surface area contributed by atoms with Gasteiger partial charge in [-0.15, -0.1) is 0 Å². The van der Waals surface area contributed by atoms with Gasteiger partial charge in [0.05, 0.1) is 16.8 Å². The highest BCUT2D eigenvalue weighted by Crippen LogP contribution is 2.34. The number of nitrogens with zero attached hydrogens (tertiary/aromatic N) is 5. The Morgan fingerprint density at radius 3 is 2.61 bits per heavy atom. The van der Waals surface area contributed by atoms with Gasteiger partial charge in [-0.05, 0) is 25.0 Å². The van der Waals surface area contributed by atoms with Crippen molar-refractivity contribution < 1.29 is 4.92 Å². The fraction of sp³-hybridized carbons (Fsp3) is 0.400. The molecule has 1 N–H and O–H groups in total. The number of aromatic nitrogens is 3. The predicted molar refractivity (Wildman–Crippen MR) is 86.9 cm³/mol. The van der Waals surface area contributed by atoms with Crippen molar-refractivity contribution in [1.29, 1.82) is 0 Å². The second kappa shape index (κ2) is 6.99. The molecule has 0 aromatic carbocycles. The number of nitro groups is 1. The van der Waals surface area contributed by atoms with Crippen LogP contribution in [0.2, 0.25) is 0 Å². The number of nitrogens with one attached hydrogen (secondary N) is 1. The molecule has 1 aliphatic rings. The van der Waals surface area contributed by atoms with E-state index in [1.165, 1.54) is 6.33 Å². The van der Waals surface area contributed by atoms with Crippen molar-refractivity contribution in [2.24, 2.45) is 0 Å². The minimum atomic E-state index is -0.418. The van der Waals surface area contributed by atoms with Gasteiger partial charge in [-0.2, -0.15) is 0 Å². The molecule has 120 valence electrons. The highest BCUT2D eigenvalue weighted by atomic mass is 16.6. The van der Waals surface area contributed by atoms with Crippen LogP contribution in [0.25, 0.3) is 0 Å². The summed E-state index contributed by atoms with van der Waals surface area (Å²) in [6, 6.07) is 3.54. The first-order valence-corrected chi connectivity index (χ1v) is 7.67. The lowest BCUT2D eigenvalue weighted by atomic mass is 10.2. The zero-order chi connectivity index (χ0) is 16.1. The maximum atomic E-state index is 11.6. The fourth-order valence-electron chi connectivity index (χ4n) is 2.72. The maximum absolute atomic E-state index is 11.6. The Morgan fingerprint density at radius 2 is 1.96 bits per heavy atom. The fourth-order valence-corrected chi connectivity index (χ4v) is 2.72. The van der Waals surface area contributed by atoms with Gasteiger partial charge in [0, 0.05) is 19.3 Å². The molecule has 0 radical (unpaired) electrons. The average molecular weight is 314 g/mol. The molecule has 1 aliphatic heterocycles. The van der Waals surface area contributed by atoms with Crippen molar-refractivity contribution in [3.05, 3.63) is 41.0 Å². The lowest BCUT2D eigenvalue weighted by Crippen LogP contribution is -2.26. The molecule has 2 aromatic rings. The monoisotopic (exact) mass is 314 g/mol. The van der Waals surface area contributed by atoms with Gasteiger partial charge in [0.1, 0.15) is 6.33 Å². The van der Waals surface area contributed by atoms with E-state index in [9.17, 15) is 10.1 Å². The van der Waals surface area contributed by atoms with E-state index in [1.807, 2.05) is 4.90 Å². The smallest absolute Gasteiger partial charge is 0.351 e. The van der Waals surface area contributed by atoms with Crippen LogP contribution in [0.15, 0.2) is 30.9 Å². The molecule has 2 aromatic heterocycles. The van der Waals surface area contributed by atoms with Gasteiger partial charge >= 0.3 is 5.69 Å². The van der Waals surface area contributed by atoms with E-state index >= 15 is 0 Å². The van der Waals surface area contributed by atoms with Crippen LogP contribution in [0.4, 0.5) is 23.0 Å². The second-order valence-electron chi connectivity index (χ2n) is 5.42. The van der Waals surface area contributed by atoms with Crippen molar-refractivity contribution in [3.63, 3.8) is 0 Å². The number of hydrogen-bond acceptors (Lipinski definition) is 7. The van der Waals surface area contributed by atoms with Gasteiger partial charge in [0.2, 0.25) is 11.6 Å². The summed E-state index contributed by atoms with van der Waals surface area (Å²) in [5, 5.41) is 14.6. The molecule has 0 amide bonds. The van der Waals surface area contributed by atoms with Gasteiger partial charge in [0.15, 0.2) is 0 Å². The molecule has 3 rings (SSSR count). The highest BCUT2D eigenvalue weighted by molar-refractivity contribution is 5.74. The Kier molecular flexibility index (Phi) is 4.60. The number of pyridine rings is 1. The summed E-state index contributed by atoms with van der Waals surface area (Å²) in [6.07, 6.45) is 8.94. The highest BCUT2D eigenvalue weighted by Gasteiger charge is 2.27. The number of hydrogen-bond donors (Lipinski definition) is 1. The molecular formula is C15H18N6O2. The van der Waals surface area contributed by atoms with Crippen LogP contribution in [0.1, 0.15) is 25.7 Å². The van der Waals surface area contributed by atoms with Crippen LogP contribution in [0, 0.1) is 10.1 Å². The molecule has 0 aliphatic carbocycles. The van der Waals surface area contributed by atoms with E-state index in [1.54, 1.807) is 24.5 Å². The molecular weight excluding hydrogens is 296 g/mol. The van der Waals surface area contributed by atoms with Crippen LogP contribution in [-0.2, 0) is 0 Å². The third-order valence-corrected chi connectivity index (χ3v) is 3.82. The molecule has 0 atom stereocenters. The van der Waals surface area contributed by atoms with Crippen molar-refractivity contribution in [2.75, 3.05) is 23.3 Å². The Morgan fingerprint density at radius 1 is 1.17 bits per heavy atom. The zero-order valence-electron chi connectivity index (χ0n) is 12.7. The van der Waals surface area contributed by atoms with E-state index in [4.69, 9.17) is 0 Å². The molecule has 1 saturated heterocycles. The summed E-state index contributed by atoms with van der Waals surface area (Å²) in [5.41, 5.74) is 0.564. The normalized spacial score (nSPS) is 15.0. The van der Waals surface area contributed by atoms with Gasteiger partial charge in [0.25, 0.3) is 0 Å². The number of anilines is 3. The minimum Gasteiger partial charge on any atom is -0.351 e. The third kappa shape index (κ3) is 3.53. The topological polar surface area (TPSA) is 97.1 Å². The largest absolute Gasteiger partial charge is 0.353 e. The Balaban J connectivity index is 1.96. The van der Waals surface area contributed by atoms with Gasteiger partial charge in [-0.3, -0.25) is 15.1 Å². The predicted octanol–water partition coefficient (Wildman–Crippen LogP) is 2.90. The lowest BCUT2D eigenvalue weighted by molar-refractivity contribution is -0.383. The van der Waals surface area contributed by atoms with Crippen LogP contribution in [0.5, 0.6) is 0 Å². The van der Waals surface area contributed by atoms with Gasteiger partial charge < -0.3 is 10.2 Å². The molecule has 3 heterocycles. The van der Waals surface area contributed by atoms with Crippen molar-refractivity contribution in [2.45, 2.75) is 25.7 Å². The van der Waals surface area contributed by atoms with Gasteiger partial charge in [-0.25, -0.2) is 9.97 Å². The quantitative estimate of drug-likeness (QED) is 0.684. The molecule has 0 unspecified atom stereocenters. The molecule has 1 fully saturated rings. The van der Waals surface area contributed by atoms with Crippen LogP contribution >= 0.6 is 0 Å². The molecule has 0 spiro atoms. The van der Waals surface area contributed by atoms with Crippen molar-refractivity contribution in [3.8, 4) is 0 Å². The van der Waals surface area contributed by atoms with Crippen LogP contribution in [-0.4, -0.2) is 33.0 Å². The van der Waals surface area contributed by atoms with Crippen molar-refractivity contribution in [1.82, 2.24) is 15.0 Å². The Bertz CT molecular complexity index is 671. The second-order valence-corrected chi connectivity index (χ2v) is 5.42. The first-order chi connectivity index (χ1) is 11.3. The van der Waals surface area contributed by atoms with E-state index in [-0.39, 0.29) is 11.5 Å². The van der Waals surface area contributed by atoms with Crippen LogP contribution < -0.4 is 10.2 Å². The first-order valence-electron chi connectivity index (χ1n) is 7.67. The molecule has 23 heavy (non-hydrogen) atoms. The van der Waals surface area contributed by atoms with E-state index < -0.39 is 4.92 Å². The maximum Gasteiger partial charge on any atom is 0.353 e. The minimum absolute atomic E-state index is 0.0850. The standard InChI is InChI=1S/C15H18N6O2/c22-21(23)13-14(19-12-6-5-7-16-10-12)17-11-18-15(13)20-8-3-1-2-4-9-20/h5-7,10-11H,1-4,8-9H2,(H,17,18,19). The summed E-state index contributed by atoms with van der Waals surface area (Å²) in [4.78, 5) is 25.4. The molecule has 0 saturated carbocycles. The summed E-state index contributed by atoms with van der Waals surface area (Å²) >= 11 is 0. The van der Waals surface area contributed by atoms with E-state index in [0.717, 1.165) is 38.8 Å². The Hall–Kier alpha value is -2.77. The average Bonchev–Trinajstić information content (AvgIpc) is 2.84. The number of rotatable bonds is 4. The van der Waals surface area contributed by atoms with E-state index in [0.29, 0.717) is 11.5 Å². The summed E-state index contributed by atoms with van der Waals surface area (Å²) in [5.74, 6) is 0.579. The zero-order valence-corrected chi connectivity index (χ0v) is 12.7. The summed E-state index contributed by atoms with van der Waals surface area (Å²) < 4.78 is 0. The van der Waals surface area contributed by atoms with Gasteiger partial charge in [-0.1, -0.05) is 12.8 Å². The van der Waals surface area contributed by atoms with Crippen molar-refractivity contribution >= 4 is 23.0 Å². The lowest BCUT2D eigenvalue weighted by Gasteiger charge is -2.21. The SMILES string of the molecule is O=[N+]([O-])c1c(Nc2cccnc2)ncnc1N1CCCCCC1. The summed E-state index contributed by atoms with van der Waals surface area (Å²) in [6.45, 7) is 1.56. The van der Waals surface area contributed by atoms with E-state index in [2.05, 4.69) is 20.3 Å². The molecule has 8 heteroatoms.